The van der Waals surface area contributed by atoms with Crippen LogP contribution >= 0.6 is 11.3 Å². The molecule has 0 radical (unpaired) electrons. The van der Waals surface area contributed by atoms with Gasteiger partial charge < -0.3 is 10.2 Å². The molecule has 0 aliphatic rings. The van der Waals surface area contributed by atoms with Crippen molar-refractivity contribution in [3.63, 3.8) is 0 Å². The van der Waals surface area contributed by atoms with Crippen LogP contribution in [0.4, 0.5) is 0 Å². The van der Waals surface area contributed by atoms with Gasteiger partial charge in [-0.15, -0.1) is 11.3 Å². The summed E-state index contributed by atoms with van der Waals surface area (Å²) in [4.78, 5) is 14.9. The molecule has 1 rings (SSSR count). The summed E-state index contributed by atoms with van der Waals surface area (Å²) in [6, 6.07) is 2.54. The van der Waals surface area contributed by atoms with E-state index in [0.717, 1.165) is 23.4 Å². The molecule has 17 heavy (non-hydrogen) atoms. The van der Waals surface area contributed by atoms with E-state index in [1.807, 2.05) is 18.4 Å². The molecule has 0 unspecified atom stereocenters. The minimum atomic E-state index is 0.0510. The number of carbonyl (C=O) groups excluding carboxylic acids is 1. The van der Waals surface area contributed by atoms with E-state index in [-0.39, 0.29) is 5.91 Å². The van der Waals surface area contributed by atoms with Crippen molar-refractivity contribution >= 4 is 17.2 Å². The first kappa shape index (κ1) is 14.2. The highest BCUT2D eigenvalue weighted by Crippen LogP contribution is 2.14. The summed E-state index contributed by atoms with van der Waals surface area (Å²) in [7, 11) is 2.09. The molecule has 4 heteroatoms. The summed E-state index contributed by atoms with van der Waals surface area (Å²) in [6.07, 6.45) is 1.13. The van der Waals surface area contributed by atoms with E-state index in [1.165, 1.54) is 11.3 Å². The Kier molecular flexibility index (Phi) is 5.65. The minimum absolute atomic E-state index is 0.0510. The predicted octanol–water partition coefficient (Wildman–Crippen LogP) is 2.52. The topological polar surface area (TPSA) is 32.3 Å². The van der Waals surface area contributed by atoms with Gasteiger partial charge in [0, 0.05) is 19.1 Å². The minimum Gasteiger partial charge on any atom is -0.350 e. The van der Waals surface area contributed by atoms with Crippen LogP contribution in [0.2, 0.25) is 0 Å². The maximum Gasteiger partial charge on any atom is 0.261 e. The SMILES string of the molecule is CC[C@H](C)N(C)CCNC(=O)c1sccc1C. The van der Waals surface area contributed by atoms with Crippen molar-refractivity contribution in [2.45, 2.75) is 33.2 Å². The Balaban J connectivity index is 2.32. The number of nitrogens with one attached hydrogen (secondary N) is 1. The van der Waals surface area contributed by atoms with E-state index >= 15 is 0 Å². The third-order valence-electron chi connectivity index (χ3n) is 3.16. The third kappa shape index (κ3) is 4.13. The maximum atomic E-state index is 11.8. The fourth-order valence-corrected chi connectivity index (χ4v) is 2.40. The molecule has 1 amide bonds. The van der Waals surface area contributed by atoms with Crippen molar-refractivity contribution in [1.82, 2.24) is 10.2 Å². The van der Waals surface area contributed by atoms with Gasteiger partial charge in [-0.25, -0.2) is 0 Å². The van der Waals surface area contributed by atoms with Crippen molar-refractivity contribution in [3.8, 4) is 0 Å². The van der Waals surface area contributed by atoms with Crippen molar-refractivity contribution in [1.29, 1.82) is 0 Å². The molecular weight excluding hydrogens is 232 g/mol. The van der Waals surface area contributed by atoms with Gasteiger partial charge in [0.05, 0.1) is 4.88 Å². The Morgan fingerprint density at radius 1 is 1.59 bits per heavy atom. The fourth-order valence-electron chi connectivity index (χ4n) is 1.56. The molecule has 0 aliphatic heterocycles. The molecule has 0 spiro atoms. The number of amides is 1. The van der Waals surface area contributed by atoms with Gasteiger partial charge >= 0.3 is 0 Å². The molecule has 96 valence electrons. The zero-order chi connectivity index (χ0) is 12.8. The average Bonchev–Trinajstić information content (AvgIpc) is 2.74. The molecule has 0 saturated heterocycles. The Morgan fingerprint density at radius 2 is 2.29 bits per heavy atom. The number of carbonyl (C=O) groups is 1. The van der Waals surface area contributed by atoms with Gasteiger partial charge in [0.2, 0.25) is 0 Å². The lowest BCUT2D eigenvalue weighted by Gasteiger charge is -2.23. The Morgan fingerprint density at radius 3 is 2.82 bits per heavy atom. The van der Waals surface area contributed by atoms with Crippen molar-refractivity contribution in [2.24, 2.45) is 0 Å². The standard InChI is InChI=1S/C13H22N2OS/c1-5-11(3)15(4)8-7-14-13(16)12-10(2)6-9-17-12/h6,9,11H,5,7-8H2,1-4H3,(H,14,16)/t11-/m0/s1. The molecule has 0 saturated carbocycles. The van der Waals surface area contributed by atoms with Crippen molar-refractivity contribution in [3.05, 3.63) is 21.9 Å². The summed E-state index contributed by atoms with van der Waals surface area (Å²) >= 11 is 1.50. The van der Waals surface area contributed by atoms with E-state index < -0.39 is 0 Å². The second-order valence-electron chi connectivity index (χ2n) is 4.43. The van der Waals surface area contributed by atoms with Gasteiger partial charge in [-0.05, 0) is 44.3 Å². The summed E-state index contributed by atoms with van der Waals surface area (Å²) in [5, 5.41) is 4.92. The number of aryl methyl sites for hydroxylation is 1. The fraction of sp³-hybridized carbons (Fsp3) is 0.615. The number of likely N-dealkylation sites (N-methyl/N-ethyl adjacent to an activating group) is 1. The summed E-state index contributed by atoms with van der Waals surface area (Å²) in [5.74, 6) is 0.0510. The molecule has 0 fully saturated rings. The maximum absolute atomic E-state index is 11.8. The molecule has 0 bridgehead atoms. The molecule has 1 heterocycles. The zero-order valence-corrected chi connectivity index (χ0v) is 11.9. The van der Waals surface area contributed by atoms with E-state index in [4.69, 9.17) is 0 Å². The number of thiophene rings is 1. The van der Waals surface area contributed by atoms with Gasteiger partial charge in [-0.2, -0.15) is 0 Å². The Hall–Kier alpha value is -0.870. The second-order valence-corrected chi connectivity index (χ2v) is 5.34. The lowest BCUT2D eigenvalue weighted by molar-refractivity contribution is 0.0951. The smallest absolute Gasteiger partial charge is 0.261 e. The predicted molar refractivity (Wildman–Crippen MR) is 73.8 cm³/mol. The molecular formula is C13H22N2OS. The van der Waals surface area contributed by atoms with Crippen LogP contribution in [0.1, 0.15) is 35.5 Å². The van der Waals surface area contributed by atoms with Crippen LogP contribution in [0, 0.1) is 6.92 Å². The molecule has 0 aliphatic carbocycles. The largest absolute Gasteiger partial charge is 0.350 e. The van der Waals surface area contributed by atoms with Crippen molar-refractivity contribution < 1.29 is 4.79 Å². The molecule has 0 aromatic carbocycles. The summed E-state index contributed by atoms with van der Waals surface area (Å²) < 4.78 is 0. The monoisotopic (exact) mass is 254 g/mol. The highest BCUT2D eigenvalue weighted by Gasteiger charge is 2.11. The van der Waals surface area contributed by atoms with Gasteiger partial charge in [-0.1, -0.05) is 6.92 Å². The van der Waals surface area contributed by atoms with Gasteiger partial charge in [0.1, 0.15) is 0 Å². The first-order chi connectivity index (χ1) is 8.06. The van der Waals surface area contributed by atoms with E-state index in [9.17, 15) is 4.79 Å². The van der Waals surface area contributed by atoms with Gasteiger partial charge in [0.15, 0.2) is 0 Å². The highest BCUT2D eigenvalue weighted by molar-refractivity contribution is 7.12. The molecule has 3 nitrogen and oxygen atoms in total. The van der Waals surface area contributed by atoms with E-state index in [0.29, 0.717) is 12.6 Å². The van der Waals surface area contributed by atoms with Crippen LogP contribution in [0.15, 0.2) is 11.4 Å². The van der Waals surface area contributed by atoms with Crippen LogP contribution < -0.4 is 5.32 Å². The third-order valence-corrected chi connectivity index (χ3v) is 4.18. The molecule has 1 atom stereocenters. The van der Waals surface area contributed by atoms with Crippen molar-refractivity contribution in [2.75, 3.05) is 20.1 Å². The average molecular weight is 254 g/mol. The molecule has 1 aromatic heterocycles. The van der Waals surface area contributed by atoms with Crippen LogP contribution in [-0.2, 0) is 0 Å². The van der Waals surface area contributed by atoms with Gasteiger partial charge in [0.25, 0.3) is 5.91 Å². The summed E-state index contributed by atoms with van der Waals surface area (Å²) in [5.41, 5.74) is 1.06. The van der Waals surface area contributed by atoms with Crippen LogP contribution in [0.5, 0.6) is 0 Å². The van der Waals surface area contributed by atoms with E-state index in [1.54, 1.807) is 0 Å². The first-order valence-corrected chi connectivity index (χ1v) is 6.96. The number of rotatable bonds is 6. The zero-order valence-electron chi connectivity index (χ0n) is 11.1. The lowest BCUT2D eigenvalue weighted by atomic mass is 10.2. The quantitative estimate of drug-likeness (QED) is 0.846. The first-order valence-electron chi connectivity index (χ1n) is 6.08. The van der Waals surface area contributed by atoms with Crippen LogP contribution in [0.25, 0.3) is 0 Å². The van der Waals surface area contributed by atoms with E-state index in [2.05, 4.69) is 31.1 Å². The lowest BCUT2D eigenvalue weighted by Crippen LogP contribution is -2.37. The number of hydrogen-bond donors (Lipinski definition) is 1. The van der Waals surface area contributed by atoms with Gasteiger partial charge in [-0.3, -0.25) is 4.79 Å². The number of nitrogens with zero attached hydrogens (tertiary/aromatic N) is 1. The van der Waals surface area contributed by atoms with Crippen LogP contribution in [-0.4, -0.2) is 37.0 Å². The van der Waals surface area contributed by atoms with Crippen LogP contribution in [0.3, 0.4) is 0 Å². The Bertz CT molecular complexity index is 362. The number of hydrogen-bond acceptors (Lipinski definition) is 3. The Labute approximate surface area is 108 Å². The summed E-state index contributed by atoms with van der Waals surface area (Å²) in [6.45, 7) is 7.94. The second kappa shape index (κ2) is 6.77. The normalized spacial score (nSPS) is 12.8. The molecule has 1 N–H and O–H groups in total. The highest BCUT2D eigenvalue weighted by atomic mass is 32.1. The molecule has 1 aromatic rings.